The lowest BCUT2D eigenvalue weighted by Gasteiger charge is -2.13. The van der Waals surface area contributed by atoms with Crippen molar-refractivity contribution >= 4 is 0 Å². The van der Waals surface area contributed by atoms with E-state index in [1.807, 2.05) is 52.0 Å². The molecule has 0 aliphatic rings. The van der Waals surface area contributed by atoms with Crippen LogP contribution in [0.2, 0.25) is 0 Å². The summed E-state index contributed by atoms with van der Waals surface area (Å²) in [5, 5.41) is 41.8. The Balaban J connectivity index is 0.000000312. The van der Waals surface area contributed by atoms with Crippen molar-refractivity contribution in [2.75, 3.05) is 83.0 Å². The summed E-state index contributed by atoms with van der Waals surface area (Å²) in [4.78, 5) is 0. The maximum absolute atomic E-state index is 10.5. The van der Waals surface area contributed by atoms with Crippen LogP contribution in [0.3, 0.4) is 0 Å². The third-order valence-electron chi connectivity index (χ3n) is 13.8. The normalized spacial score (nSPS) is 19.5. The number of aryl methyl sites for hydroxylation is 8. The number of hydrogen-bond donors (Lipinski definition) is 4. The highest BCUT2D eigenvalue weighted by Crippen LogP contribution is 2.32. The first-order valence-corrected chi connectivity index (χ1v) is 31.3. The molecular formula is C84H112O16. The maximum atomic E-state index is 10.5. The second-order valence-electron chi connectivity index (χ2n) is 21.7. The predicted molar refractivity (Wildman–Crippen MR) is 399 cm³/mol. The molecule has 0 aromatic heterocycles. The number of aliphatic hydroxyl groups is 4. The van der Waals surface area contributed by atoms with Crippen molar-refractivity contribution < 1.29 is 121 Å². The minimum atomic E-state index is -2.94. The van der Waals surface area contributed by atoms with Gasteiger partial charge in [-0.05, 0) is 246 Å². The molecule has 8 aromatic carbocycles. The van der Waals surface area contributed by atoms with Crippen LogP contribution in [0.4, 0.5) is 0 Å². The van der Waals surface area contributed by atoms with Gasteiger partial charge in [-0.15, -0.1) is 0 Å². The summed E-state index contributed by atoms with van der Waals surface area (Å²) < 4.78 is 312. The van der Waals surface area contributed by atoms with E-state index in [1.165, 1.54) is 70.9 Å². The summed E-state index contributed by atoms with van der Waals surface area (Å²) in [6, 6.07) is 44.3. The average Bonchev–Trinajstić information content (AvgIpc) is 0.798. The second kappa shape index (κ2) is 47.3. The van der Waals surface area contributed by atoms with Gasteiger partial charge in [0.05, 0.1) is 103 Å². The van der Waals surface area contributed by atoms with Gasteiger partial charge in [0, 0.05) is 21.9 Å². The third-order valence-corrected chi connectivity index (χ3v) is 13.8. The van der Waals surface area contributed by atoms with Crippen molar-refractivity contribution in [1.29, 1.82) is 0 Å². The lowest BCUT2D eigenvalue weighted by Crippen LogP contribution is -2.17. The van der Waals surface area contributed by atoms with E-state index in [4.69, 9.17) is 101 Å². The minimum absolute atomic E-state index is 0.0361. The fraction of sp³-hybridized carbons (Fsp3) is 0.429. The summed E-state index contributed by atoms with van der Waals surface area (Å²) in [5.41, 5.74) is 5.03. The molecule has 4 N–H and O–H groups in total. The van der Waals surface area contributed by atoms with E-state index in [0.717, 1.165) is 34.4 Å². The monoisotopic (exact) mass is 1410 g/mol. The van der Waals surface area contributed by atoms with Crippen molar-refractivity contribution in [3.05, 3.63) is 214 Å². The van der Waals surface area contributed by atoms with Crippen molar-refractivity contribution in [1.82, 2.24) is 0 Å². The molecule has 8 rings (SSSR count). The molecule has 100 heavy (non-hydrogen) atoms. The first kappa shape index (κ1) is 45.9. The van der Waals surface area contributed by atoms with Gasteiger partial charge in [0.2, 0.25) is 0 Å². The van der Waals surface area contributed by atoms with Gasteiger partial charge in [-0.2, -0.15) is 0 Å². The first-order valence-electron chi connectivity index (χ1n) is 47.3. The zero-order valence-electron chi connectivity index (χ0n) is 89.3. The molecule has 0 aliphatic carbocycles. The van der Waals surface area contributed by atoms with E-state index in [0.29, 0.717) is 51.2 Å². The molecule has 0 bridgehead atoms. The highest BCUT2D eigenvalue weighted by atomic mass is 16.5. The van der Waals surface area contributed by atoms with E-state index in [9.17, 15) is 20.4 Å². The van der Waals surface area contributed by atoms with Gasteiger partial charge in [0.25, 0.3) is 0 Å². The van der Waals surface area contributed by atoms with Gasteiger partial charge in [-0.1, -0.05) is 98.5 Å². The van der Waals surface area contributed by atoms with E-state index in [1.54, 1.807) is 91.0 Å². The molecule has 0 amide bonds. The largest absolute Gasteiger partial charge is 0.493 e. The van der Waals surface area contributed by atoms with Gasteiger partial charge >= 0.3 is 0 Å². The Morgan fingerprint density at radius 1 is 0.300 bits per heavy atom. The Bertz CT molecular complexity index is 5000. The molecule has 0 spiro atoms. The van der Waals surface area contributed by atoms with Crippen LogP contribution in [-0.2, 0) is 25.7 Å². The van der Waals surface area contributed by atoms with E-state index in [-0.39, 0.29) is 53.6 Å². The second-order valence-corrected chi connectivity index (χ2v) is 21.7. The van der Waals surface area contributed by atoms with E-state index < -0.39 is 168 Å². The number of methoxy groups -OCH3 is 8. The summed E-state index contributed by atoms with van der Waals surface area (Å²) >= 11 is 0. The molecule has 16 heteroatoms. The Kier molecular flexibility index (Phi) is 21.7. The lowest BCUT2D eigenvalue weighted by atomic mass is 10.0. The molecule has 0 fully saturated rings. The van der Waals surface area contributed by atoms with Gasteiger partial charge in [-0.3, -0.25) is 0 Å². The van der Waals surface area contributed by atoms with Crippen LogP contribution in [0.1, 0.15) is 165 Å². The smallest absolute Gasteiger partial charge is 0.160 e. The van der Waals surface area contributed by atoms with E-state index in [2.05, 4.69) is 0 Å². The van der Waals surface area contributed by atoms with Gasteiger partial charge in [0.1, 0.15) is 49.4 Å². The first-order chi connectivity index (χ1) is 60.1. The SMILES string of the molecule is [2H]C([2H])(Cc1ccc(OC([2H])([2H])[2H])c(OC([2H])([2H])[2H])c1)CC([2H])([2H])C([2H])(O)COc1cccc(C)c1.[2H]C([2H])(Cc1ccc(OC([2H])([2H])[2H])c(OC)c1)CC([2H])([2H])C([2H])(O)COc1cccc(C)c1.[2H]C([2H])(Cc1ccc(OC)c(OC([2H])([2H])[2H])c1)CC([2H])([2H])C([2H])(O)COc1cccc(C)c1.[2H]C([2H])(Cc1ccc(OC)c(OC)c1)CC([2H])([2H])C([2H])(O)COc1cccc(C)c1. The summed E-state index contributed by atoms with van der Waals surface area (Å²) in [7, 11) is -5.63. The molecule has 0 saturated heterocycles. The molecule has 0 radical (unpaired) electrons. The third kappa shape index (κ3) is 32.0. The molecule has 4 atom stereocenters. The fourth-order valence-electron chi connectivity index (χ4n) is 8.75. The fourth-order valence-corrected chi connectivity index (χ4v) is 8.75. The summed E-state index contributed by atoms with van der Waals surface area (Å²) in [6.07, 6.45) is -34.5. The predicted octanol–water partition coefficient (Wildman–Crippen LogP) is 16.7. The van der Waals surface area contributed by atoms with Crippen LogP contribution in [-0.4, -0.2) is 128 Å². The molecule has 16 nitrogen and oxygen atoms in total. The lowest BCUT2D eigenvalue weighted by molar-refractivity contribution is 0.0976. The Morgan fingerprint density at radius 3 is 0.740 bits per heavy atom. The van der Waals surface area contributed by atoms with E-state index >= 15 is 0 Å². The molecule has 0 heterocycles. The topological polar surface area (TPSA) is 192 Å². The Morgan fingerprint density at radius 2 is 0.520 bits per heavy atom. The van der Waals surface area contributed by atoms with Gasteiger partial charge in [-0.25, -0.2) is 0 Å². The highest BCUT2D eigenvalue weighted by molar-refractivity contribution is 5.46. The van der Waals surface area contributed by atoms with Crippen molar-refractivity contribution in [3.8, 4) is 69.0 Å². The number of hydrogen-bond acceptors (Lipinski definition) is 16. The molecular weight excluding hydrogens is 1260 g/mol. The molecule has 4 unspecified atom stereocenters. The number of ether oxygens (including phenoxy) is 12. The number of benzene rings is 8. The van der Waals surface area contributed by atoms with Crippen LogP contribution in [0, 0.1) is 27.7 Å². The summed E-state index contributed by atoms with van der Waals surface area (Å²) in [6.45, 7) is 4.58. The van der Waals surface area contributed by atoms with Crippen LogP contribution in [0.25, 0.3) is 0 Å². The maximum Gasteiger partial charge on any atom is 0.160 e. The van der Waals surface area contributed by atoms with Crippen LogP contribution < -0.4 is 56.8 Å². The quantitative estimate of drug-likeness (QED) is 0.0283. The Hall–Kier alpha value is -8.80. The molecule has 0 saturated carbocycles. The minimum Gasteiger partial charge on any atom is -0.493 e. The molecule has 0 aliphatic heterocycles. The van der Waals surface area contributed by atoms with Gasteiger partial charge in [0.15, 0.2) is 46.0 Å². The standard InChI is InChI=1S/4C21H28O4/c4*1-16-7-6-10-19(13-16)25-15-18(22)9-5-4-8-17-11-12-20(23-2)21(14-17)24-3/h4*6-7,10-14,18,22H,4-5,8-9,15H2,1-3H3/i2D3,3D3,4D2,9D2,18D;3D3,4D2,9D2,18D;2D3,4D2,9D2,18D;4D2,9D2,18D. The van der Waals surface area contributed by atoms with Crippen LogP contribution >= 0.6 is 0 Å². The zero-order chi connectivity index (χ0) is 100. The molecule has 8 aromatic rings. The van der Waals surface area contributed by atoms with Crippen molar-refractivity contribution in [2.24, 2.45) is 0 Å². The zero-order valence-corrected chi connectivity index (χ0v) is 57.3. The Labute approximate surface area is 640 Å². The summed E-state index contributed by atoms with van der Waals surface area (Å²) in [5.74, 6) is 1.67. The van der Waals surface area contributed by atoms with Crippen molar-refractivity contribution in [3.63, 3.8) is 0 Å². The average molecular weight is 1410 g/mol. The number of rotatable bonds is 40. The highest BCUT2D eigenvalue weighted by Gasteiger charge is 2.13. The van der Waals surface area contributed by atoms with Crippen molar-refractivity contribution in [2.45, 2.75) is 154 Å². The molecule has 544 valence electrons. The van der Waals surface area contributed by atoms with Crippen LogP contribution in [0.15, 0.2) is 170 Å². The van der Waals surface area contributed by atoms with Gasteiger partial charge < -0.3 is 77.3 Å². The van der Waals surface area contributed by atoms with Crippen LogP contribution in [0.5, 0.6) is 69.0 Å².